The summed E-state index contributed by atoms with van der Waals surface area (Å²) < 4.78 is 322. The number of alkyl halides is 18. The molecule has 0 aliphatic carbocycles. The molecule has 0 radical (unpaired) electrons. The van der Waals surface area contributed by atoms with Crippen molar-refractivity contribution >= 4 is 0 Å². The van der Waals surface area contributed by atoms with Crippen molar-refractivity contribution in [3.63, 3.8) is 0 Å². The Kier molecular flexibility index (Phi) is 10.7. The highest BCUT2D eigenvalue weighted by Crippen LogP contribution is 2.63. The van der Waals surface area contributed by atoms with E-state index in [1.165, 1.54) is 0 Å². The Morgan fingerprint density at radius 2 is 0.894 bits per heavy atom. The Hall–Kier alpha value is -3.16. The predicted octanol–water partition coefficient (Wildman–Crippen LogP) is 5.14. The zero-order valence-electron chi connectivity index (χ0n) is 21.1. The van der Waals surface area contributed by atoms with Gasteiger partial charge in [0.2, 0.25) is 17.9 Å². The van der Waals surface area contributed by atoms with Crippen LogP contribution in [0.4, 0.5) is 101 Å². The summed E-state index contributed by atoms with van der Waals surface area (Å²) >= 11 is 0. The summed E-state index contributed by atoms with van der Waals surface area (Å²) in [6, 6.07) is 0. The smallest absolute Gasteiger partial charge is 0.449 e. The minimum absolute atomic E-state index is 0. The number of allylic oxidation sites excluding steroid dienone is 2. The Balaban J connectivity index is 0.0000110. The number of ether oxygens (including phenoxy) is 1. The molecule has 0 saturated heterocycles. The van der Waals surface area contributed by atoms with Crippen molar-refractivity contribution in [2.75, 3.05) is 0 Å². The van der Waals surface area contributed by atoms with Crippen LogP contribution in [-0.4, -0.2) is 46.8 Å². The van der Waals surface area contributed by atoms with Crippen molar-refractivity contribution in [3.8, 4) is 0 Å². The normalized spacial score (nSPS) is 15.2. The molecular weight excluding hydrogens is 801 g/mol. The van der Waals surface area contributed by atoms with Gasteiger partial charge in [-0.1, -0.05) is 0 Å². The summed E-state index contributed by atoms with van der Waals surface area (Å²) in [4.78, 5) is 0. The van der Waals surface area contributed by atoms with Crippen LogP contribution in [0.2, 0.25) is 0 Å². The second-order valence-electron chi connectivity index (χ2n) is 8.60. The highest BCUT2D eigenvalue weighted by atomic mass is 79.9. The van der Waals surface area contributed by atoms with E-state index in [1.54, 1.807) is 0 Å². The fourth-order valence-electron chi connectivity index (χ4n) is 3.55. The van der Waals surface area contributed by atoms with E-state index >= 15 is 4.39 Å². The molecule has 1 unspecified atom stereocenters. The number of hydrogen-bond donors (Lipinski definition) is 0. The van der Waals surface area contributed by atoms with Crippen molar-refractivity contribution < 1.29 is 127 Å². The van der Waals surface area contributed by atoms with Gasteiger partial charge in [-0.2, -0.15) is 70.4 Å². The topological polar surface area (TPSA) is 18.0 Å². The zero-order valence-corrected chi connectivity index (χ0v) is 22.7. The first-order valence-electron chi connectivity index (χ1n) is 10.5. The number of halogens is 24. The fraction of sp³-hybridized carbons (Fsp3) is 0.450. The van der Waals surface area contributed by atoms with Crippen LogP contribution in [-0.2, 0) is 17.8 Å². The van der Waals surface area contributed by atoms with Gasteiger partial charge in [0.1, 0.15) is 12.4 Å². The minimum Gasteiger partial charge on any atom is -1.00 e. The van der Waals surface area contributed by atoms with Crippen LogP contribution in [0.25, 0.3) is 0 Å². The molecule has 2 rings (SSSR count). The molecular formula is C20H6BrF23N2O. The Bertz CT molecular complexity index is 1410. The second-order valence-corrected chi connectivity index (χ2v) is 8.60. The first kappa shape index (κ1) is 41.9. The molecule has 0 bridgehead atoms. The number of aromatic nitrogens is 2. The van der Waals surface area contributed by atoms with Gasteiger partial charge in [-0.15, -0.1) is 4.39 Å². The number of hydrogen-bond acceptors (Lipinski definition) is 1. The molecule has 0 aliphatic rings. The number of benzene rings is 1. The van der Waals surface area contributed by atoms with Gasteiger partial charge < -0.3 is 21.7 Å². The van der Waals surface area contributed by atoms with E-state index in [0.29, 0.717) is 7.05 Å². The van der Waals surface area contributed by atoms with Crippen LogP contribution < -0.4 is 21.5 Å². The van der Waals surface area contributed by atoms with E-state index in [-0.39, 0.29) is 40.3 Å². The Labute approximate surface area is 252 Å². The van der Waals surface area contributed by atoms with Crippen molar-refractivity contribution in [1.29, 1.82) is 0 Å². The molecule has 1 aromatic heterocycles. The molecule has 0 saturated carbocycles. The molecule has 270 valence electrons. The molecule has 0 N–H and O–H groups in total. The van der Waals surface area contributed by atoms with Crippen LogP contribution in [0, 0.1) is 29.1 Å². The molecule has 47 heavy (non-hydrogen) atoms. The molecule has 0 amide bonds. The third-order valence-electron chi connectivity index (χ3n) is 5.59. The van der Waals surface area contributed by atoms with E-state index in [2.05, 4.69) is 4.74 Å². The molecule has 1 heterocycles. The van der Waals surface area contributed by atoms with Gasteiger partial charge in [-0.3, -0.25) is 0 Å². The first-order valence-corrected chi connectivity index (χ1v) is 10.5. The van der Waals surface area contributed by atoms with Crippen LogP contribution in [0.5, 0.6) is 0 Å². The summed E-state index contributed by atoms with van der Waals surface area (Å²) in [5.41, 5.74) is -27.5. The lowest BCUT2D eigenvalue weighted by Crippen LogP contribution is -3.00. The summed E-state index contributed by atoms with van der Waals surface area (Å²) in [6.45, 7) is 0. The molecule has 2 aromatic rings. The summed E-state index contributed by atoms with van der Waals surface area (Å²) in [5.74, 6) is -29.4. The van der Waals surface area contributed by atoms with E-state index < -0.39 is 98.7 Å². The second kappa shape index (κ2) is 12.1. The molecule has 1 aromatic carbocycles. The van der Waals surface area contributed by atoms with Gasteiger partial charge in [-0.05, 0) is 0 Å². The average molecular weight is 807 g/mol. The van der Waals surface area contributed by atoms with E-state index in [1.807, 2.05) is 0 Å². The molecule has 0 aliphatic heterocycles. The largest absolute Gasteiger partial charge is 1.00 e. The SMILES string of the molecule is C[n+]1ccn(C(F)(OC(=C(C(F)(C(F)(F)F)C(F)(F)F)C(F)(C(F)(F)F)C(F)(F)F)C(F)(F)F)c2c(F)c(F)c(F)c(F)c2F)c1.[Br-]. The van der Waals surface area contributed by atoms with Gasteiger partial charge in [0, 0.05) is 0 Å². The quantitative estimate of drug-likeness (QED) is 0.130. The number of nitrogens with zero attached hydrogens (tertiary/aromatic N) is 2. The molecule has 27 heteroatoms. The average Bonchev–Trinajstić information content (AvgIpc) is 3.29. The van der Waals surface area contributed by atoms with Crippen LogP contribution in [0.1, 0.15) is 5.56 Å². The van der Waals surface area contributed by atoms with Crippen molar-refractivity contribution in [2.45, 2.75) is 48.2 Å². The lowest BCUT2D eigenvalue weighted by atomic mass is 9.79. The zero-order chi connectivity index (χ0) is 36.6. The maximum atomic E-state index is 16.3. The minimum atomic E-state index is -8.84. The van der Waals surface area contributed by atoms with Crippen LogP contribution >= 0.6 is 0 Å². The monoisotopic (exact) mass is 806 g/mol. The lowest BCUT2D eigenvalue weighted by Gasteiger charge is -2.41. The highest BCUT2D eigenvalue weighted by molar-refractivity contribution is 5.41. The third kappa shape index (κ3) is 6.50. The van der Waals surface area contributed by atoms with Gasteiger partial charge in [-0.25, -0.2) is 35.3 Å². The standard InChI is InChI=1S/C20H6F23N2O.BrH/c1-44-2-3-45(4-44)16(31,5-6(21)8(23)10(25)9(24)7(5)22)46-12(15(28,29)30)11(13(26,17(32,33)34)18(35,36)37)14(27,19(38,39)40)20(41,42)43;/h2-4H,1H3;1H/q+1;/p-1. The maximum absolute atomic E-state index is 16.3. The van der Waals surface area contributed by atoms with E-state index in [4.69, 9.17) is 0 Å². The number of imidazole rings is 1. The number of aryl methyl sites for hydroxylation is 1. The third-order valence-corrected chi connectivity index (χ3v) is 5.59. The van der Waals surface area contributed by atoms with Crippen molar-refractivity contribution in [1.82, 2.24) is 4.57 Å². The summed E-state index contributed by atoms with van der Waals surface area (Å²) in [7, 11) is 0.598. The van der Waals surface area contributed by atoms with E-state index in [0.717, 1.165) is 0 Å². The lowest BCUT2D eigenvalue weighted by molar-refractivity contribution is -0.671. The van der Waals surface area contributed by atoms with Gasteiger partial charge in [0.05, 0.1) is 12.6 Å². The van der Waals surface area contributed by atoms with E-state index in [9.17, 15) is 96.6 Å². The van der Waals surface area contributed by atoms with Crippen molar-refractivity contribution in [3.05, 3.63) is 64.7 Å². The molecule has 1 atom stereocenters. The molecule has 0 spiro atoms. The summed E-state index contributed by atoms with van der Waals surface area (Å²) in [6.07, 6.45) is -42.6. The number of rotatable bonds is 6. The van der Waals surface area contributed by atoms with Gasteiger partial charge >= 0.3 is 48.2 Å². The van der Waals surface area contributed by atoms with Gasteiger partial charge in [0.25, 0.3) is 0 Å². The van der Waals surface area contributed by atoms with Crippen molar-refractivity contribution in [2.24, 2.45) is 7.05 Å². The predicted molar refractivity (Wildman–Crippen MR) is 96.1 cm³/mol. The van der Waals surface area contributed by atoms with Crippen LogP contribution in [0.3, 0.4) is 0 Å². The molecule has 0 fully saturated rings. The molecule has 3 nitrogen and oxygen atoms in total. The maximum Gasteiger partial charge on any atom is 0.449 e. The Morgan fingerprint density at radius 3 is 1.15 bits per heavy atom. The summed E-state index contributed by atoms with van der Waals surface area (Å²) in [5, 5.41) is 0. The van der Waals surface area contributed by atoms with Gasteiger partial charge in [0.15, 0.2) is 28.8 Å². The highest BCUT2D eigenvalue weighted by Gasteiger charge is 2.88. The fourth-order valence-corrected chi connectivity index (χ4v) is 3.55. The van der Waals surface area contributed by atoms with Crippen LogP contribution in [0.15, 0.2) is 30.1 Å². The Morgan fingerprint density at radius 1 is 0.574 bits per heavy atom. The first-order chi connectivity index (χ1) is 20.1.